The minimum atomic E-state index is -0.554. The van der Waals surface area contributed by atoms with Gasteiger partial charge in [0.25, 0.3) is 0 Å². The molecule has 0 unspecified atom stereocenters. The number of fused-ring (bicyclic) bond motifs is 1. The van der Waals surface area contributed by atoms with Gasteiger partial charge in [-0.1, -0.05) is 6.07 Å². The van der Waals surface area contributed by atoms with E-state index in [1.165, 1.54) is 13.2 Å². The van der Waals surface area contributed by atoms with Crippen LogP contribution in [0.15, 0.2) is 24.3 Å². The number of pyridine rings is 1. The van der Waals surface area contributed by atoms with Gasteiger partial charge in [-0.15, -0.1) is 0 Å². The van der Waals surface area contributed by atoms with Gasteiger partial charge in [0.1, 0.15) is 0 Å². The molecule has 1 aromatic heterocycles. The second kappa shape index (κ2) is 5.59. The number of ether oxygens (including phenoxy) is 2. The van der Waals surface area contributed by atoms with Gasteiger partial charge in [0.15, 0.2) is 12.3 Å². The molecule has 7 nitrogen and oxygen atoms in total. The zero-order valence-electron chi connectivity index (χ0n) is 10.2. The predicted octanol–water partition coefficient (Wildman–Crippen LogP) is 1.62. The number of hydrogen-bond acceptors (Lipinski definition) is 6. The van der Waals surface area contributed by atoms with Crippen LogP contribution in [0.25, 0.3) is 10.9 Å². The number of aliphatic hydroxyl groups excluding tert-OH is 1. The number of nitrogens with zero attached hydrogens (tertiary/aromatic N) is 2. The van der Waals surface area contributed by atoms with Gasteiger partial charge in [0.2, 0.25) is 5.75 Å². The summed E-state index contributed by atoms with van der Waals surface area (Å²) in [4.78, 5) is 14.7. The van der Waals surface area contributed by atoms with Crippen molar-refractivity contribution < 1.29 is 19.5 Å². The molecule has 0 amide bonds. The van der Waals surface area contributed by atoms with Crippen LogP contribution in [0.4, 0.5) is 5.69 Å². The van der Waals surface area contributed by atoms with Crippen LogP contribution >= 0.6 is 0 Å². The van der Waals surface area contributed by atoms with Crippen LogP contribution in [0.2, 0.25) is 0 Å². The van der Waals surface area contributed by atoms with E-state index in [-0.39, 0.29) is 30.4 Å². The van der Waals surface area contributed by atoms with Crippen molar-refractivity contribution in [3.8, 4) is 5.75 Å². The Morgan fingerprint density at radius 1 is 1.37 bits per heavy atom. The first kappa shape index (κ1) is 13.2. The van der Waals surface area contributed by atoms with Crippen LogP contribution in [-0.4, -0.2) is 28.9 Å². The molecule has 2 aromatic rings. The van der Waals surface area contributed by atoms with Crippen LogP contribution in [0.1, 0.15) is 5.69 Å². The van der Waals surface area contributed by atoms with Crippen molar-refractivity contribution in [3.05, 3.63) is 40.1 Å². The number of methoxy groups -OCH3 is 1. The van der Waals surface area contributed by atoms with E-state index in [0.717, 1.165) is 0 Å². The Labute approximate surface area is 108 Å². The second-order valence-electron chi connectivity index (χ2n) is 3.75. The summed E-state index contributed by atoms with van der Waals surface area (Å²) in [5.74, 6) is 0.0851. The fourth-order valence-corrected chi connectivity index (χ4v) is 1.70. The Bertz CT molecular complexity index is 614. The molecule has 1 aromatic carbocycles. The van der Waals surface area contributed by atoms with Crippen LogP contribution in [0, 0.1) is 10.1 Å². The molecule has 0 spiro atoms. The van der Waals surface area contributed by atoms with Crippen molar-refractivity contribution in [2.45, 2.75) is 6.61 Å². The summed E-state index contributed by atoms with van der Waals surface area (Å²) >= 11 is 0. The molecular formula is C12H12N2O5. The summed E-state index contributed by atoms with van der Waals surface area (Å²) in [5.41, 5.74) is 0.314. The van der Waals surface area contributed by atoms with E-state index in [1.54, 1.807) is 18.2 Å². The Balaban J connectivity index is 2.63. The lowest BCUT2D eigenvalue weighted by Crippen LogP contribution is -2.03. The third kappa shape index (κ3) is 2.61. The van der Waals surface area contributed by atoms with E-state index in [4.69, 9.17) is 14.6 Å². The molecule has 19 heavy (non-hydrogen) atoms. The highest BCUT2D eigenvalue weighted by molar-refractivity contribution is 5.90. The van der Waals surface area contributed by atoms with Crippen molar-refractivity contribution >= 4 is 16.6 Å². The number of hydrogen-bond donors (Lipinski definition) is 1. The molecular weight excluding hydrogens is 252 g/mol. The van der Waals surface area contributed by atoms with Crippen molar-refractivity contribution in [2.24, 2.45) is 0 Å². The summed E-state index contributed by atoms with van der Waals surface area (Å²) in [6.45, 7) is -0.373. The Hall–Kier alpha value is -2.25. The van der Waals surface area contributed by atoms with Crippen LogP contribution in [0.3, 0.4) is 0 Å². The van der Waals surface area contributed by atoms with Crippen molar-refractivity contribution in [1.29, 1.82) is 0 Å². The van der Waals surface area contributed by atoms with Gasteiger partial charge < -0.3 is 14.6 Å². The van der Waals surface area contributed by atoms with Crippen molar-refractivity contribution in [2.75, 3.05) is 13.9 Å². The molecule has 7 heteroatoms. The number of benzene rings is 1. The maximum Gasteiger partial charge on any atom is 0.336 e. The quantitative estimate of drug-likeness (QED) is 0.501. The van der Waals surface area contributed by atoms with Gasteiger partial charge in [-0.2, -0.15) is 0 Å². The summed E-state index contributed by atoms with van der Waals surface area (Å²) in [7, 11) is 1.43. The van der Waals surface area contributed by atoms with E-state index in [1.807, 2.05) is 0 Å². The standard InChI is InChI=1S/C12H12N2O5/c1-18-7-19-10-5-3-8-2-4-9(6-15)13-11(8)12(10)14(16)17/h2-5,15H,6-7H2,1H3. The largest absolute Gasteiger partial charge is 0.460 e. The fraction of sp³-hybridized carbons (Fsp3) is 0.250. The second-order valence-corrected chi connectivity index (χ2v) is 3.75. The maximum absolute atomic E-state index is 11.2. The Kier molecular flexibility index (Phi) is 3.88. The van der Waals surface area contributed by atoms with E-state index in [2.05, 4.69) is 4.98 Å². The summed E-state index contributed by atoms with van der Waals surface area (Å²) < 4.78 is 9.90. The minimum Gasteiger partial charge on any atom is -0.460 e. The number of aliphatic hydroxyl groups is 1. The van der Waals surface area contributed by atoms with Gasteiger partial charge in [0.05, 0.1) is 17.2 Å². The molecule has 0 aliphatic rings. The molecule has 0 saturated carbocycles. The SMILES string of the molecule is COCOc1ccc2ccc(CO)nc2c1[N+](=O)[O-]. The Morgan fingerprint density at radius 2 is 2.11 bits per heavy atom. The molecule has 0 radical (unpaired) electrons. The first-order chi connectivity index (χ1) is 9.17. The zero-order chi connectivity index (χ0) is 13.8. The van der Waals surface area contributed by atoms with Crippen LogP contribution in [0.5, 0.6) is 5.75 Å². The smallest absolute Gasteiger partial charge is 0.336 e. The van der Waals surface area contributed by atoms with Gasteiger partial charge in [-0.05, 0) is 18.2 Å². The average molecular weight is 264 g/mol. The van der Waals surface area contributed by atoms with Gasteiger partial charge in [-0.25, -0.2) is 4.98 Å². The third-order valence-corrected chi connectivity index (χ3v) is 2.53. The highest BCUT2D eigenvalue weighted by atomic mass is 16.7. The van der Waals surface area contributed by atoms with Crippen molar-refractivity contribution in [1.82, 2.24) is 4.98 Å². The van der Waals surface area contributed by atoms with E-state index in [9.17, 15) is 10.1 Å². The molecule has 2 rings (SSSR count). The lowest BCUT2D eigenvalue weighted by Gasteiger charge is -2.07. The molecule has 1 N–H and O–H groups in total. The zero-order valence-corrected chi connectivity index (χ0v) is 10.2. The Morgan fingerprint density at radius 3 is 2.74 bits per heavy atom. The summed E-state index contributed by atoms with van der Waals surface area (Å²) in [6, 6.07) is 6.45. The maximum atomic E-state index is 11.2. The lowest BCUT2D eigenvalue weighted by molar-refractivity contribution is -0.384. The first-order valence-electron chi connectivity index (χ1n) is 5.47. The van der Waals surface area contributed by atoms with E-state index >= 15 is 0 Å². The minimum absolute atomic E-state index is 0.0851. The molecule has 0 bridgehead atoms. The van der Waals surface area contributed by atoms with Crippen molar-refractivity contribution in [3.63, 3.8) is 0 Å². The number of nitro benzene ring substituents is 1. The molecule has 100 valence electrons. The number of aromatic nitrogens is 1. The van der Waals surface area contributed by atoms with Crippen LogP contribution in [-0.2, 0) is 11.3 Å². The molecule has 1 heterocycles. The number of rotatable bonds is 5. The van der Waals surface area contributed by atoms with Gasteiger partial charge in [0, 0.05) is 12.5 Å². The molecule has 0 fully saturated rings. The van der Waals surface area contributed by atoms with Crippen LogP contribution < -0.4 is 4.74 Å². The molecule has 0 aliphatic heterocycles. The fourth-order valence-electron chi connectivity index (χ4n) is 1.70. The number of nitro groups is 1. The molecule has 0 aliphatic carbocycles. The summed E-state index contributed by atoms with van der Waals surface area (Å²) in [6.07, 6.45) is 0. The molecule has 0 atom stereocenters. The molecule has 0 saturated heterocycles. The third-order valence-electron chi connectivity index (χ3n) is 2.53. The van der Waals surface area contributed by atoms with E-state index in [0.29, 0.717) is 11.1 Å². The topological polar surface area (TPSA) is 94.7 Å². The first-order valence-corrected chi connectivity index (χ1v) is 5.47. The highest BCUT2D eigenvalue weighted by Crippen LogP contribution is 2.34. The highest BCUT2D eigenvalue weighted by Gasteiger charge is 2.21. The monoisotopic (exact) mass is 264 g/mol. The average Bonchev–Trinajstić information content (AvgIpc) is 2.43. The van der Waals surface area contributed by atoms with Gasteiger partial charge in [-0.3, -0.25) is 10.1 Å². The predicted molar refractivity (Wildman–Crippen MR) is 66.8 cm³/mol. The summed E-state index contributed by atoms with van der Waals surface area (Å²) in [5, 5.41) is 20.8. The van der Waals surface area contributed by atoms with E-state index < -0.39 is 4.92 Å². The normalized spacial score (nSPS) is 10.6. The lowest BCUT2D eigenvalue weighted by atomic mass is 10.1. The van der Waals surface area contributed by atoms with Gasteiger partial charge >= 0.3 is 5.69 Å².